The van der Waals surface area contributed by atoms with E-state index in [1.807, 2.05) is 25.1 Å². The molecule has 1 aliphatic rings. The maximum atomic E-state index is 5.89. The Kier molecular flexibility index (Phi) is 2.40. The lowest BCUT2D eigenvalue weighted by Gasteiger charge is -2.30. The Morgan fingerprint density at radius 3 is 2.47 bits per heavy atom. The molecule has 3 nitrogen and oxygen atoms in total. The van der Waals surface area contributed by atoms with Gasteiger partial charge in [0, 0.05) is 11.6 Å². The Hall–Kier alpha value is -1.48. The zero-order valence-corrected chi connectivity index (χ0v) is 9.20. The van der Waals surface area contributed by atoms with Crippen LogP contribution < -0.4 is 10.5 Å². The van der Waals surface area contributed by atoms with Crippen LogP contribution in [0.4, 0.5) is 0 Å². The summed E-state index contributed by atoms with van der Waals surface area (Å²) in [6.45, 7) is 1.96. The van der Waals surface area contributed by atoms with E-state index in [0.29, 0.717) is 0 Å². The first-order chi connectivity index (χ1) is 7.20. The van der Waals surface area contributed by atoms with Crippen molar-refractivity contribution in [1.29, 1.82) is 0 Å². The van der Waals surface area contributed by atoms with Crippen LogP contribution >= 0.6 is 0 Å². The minimum absolute atomic E-state index is 0.0143. The number of hydrogen-bond acceptors (Lipinski definition) is 3. The summed E-state index contributed by atoms with van der Waals surface area (Å²) in [5.41, 5.74) is 9.14. The average Bonchev–Trinajstić information content (AvgIpc) is 2.19. The first-order valence-corrected chi connectivity index (χ1v) is 4.92. The number of hydrogen-bond donors (Lipinski definition) is 1. The molecule has 0 aliphatic heterocycles. The van der Waals surface area contributed by atoms with Crippen LogP contribution in [-0.2, 0) is 4.74 Å². The molecular formula is C12H15NO2. The van der Waals surface area contributed by atoms with E-state index in [-0.39, 0.29) is 6.04 Å². The second kappa shape index (κ2) is 3.59. The molecule has 3 heteroatoms. The molecule has 1 unspecified atom stereocenters. The fourth-order valence-corrected chi connectivity index (χ4v) is 2.02. The highest BCUT2D eigenvalue weighted by Crippen LogP contribution is 2.46. The quantitative estimate of drug-likeness (QED) is 0.819. The van der Waals surface area contributed by atoms with Gasteiger partial charge >= 0.3 is 0 Å². The molecule has 0 spiro atoms. The minimum Gasteiger partial charge on any atom is -0.496 e. The highest BCUT2D eigenvalue weighted by atomic mass is 16.5. The van der Waals surface area contributed by atoms with E-state index in [1.165, 1.54) is 0 Å². The fraction of sp³-hybridized carbons (Fsp3) is 0.333. The molecule has 0 aromatic heterocycles. The lowest BCUT2D eigenvalue weighted by Crippen LogP contribution is -2.25. The van der Waals surface area contributed by atoms with E-state index in [2.05, 4.69) is 0 Å². The first kappa shape index (κ1) is 10.1. The summed E-state index contributed by atoms with van der Waals surface area (Å²) < 4.78 is 10.6. The Morgan fingerprint density at radius 1 is 1.20 bits per heavy atom. The van der Waals surface area contributed by atoms with Crippen molar-refractivity contribution in [3.63, 3.8) is 0 Å². The van der Waals surface area contributed by atoms with Gasteiger partial charge < -0.3 is 15.2 Å². The molecule has 1 atom stereocenters. The summed E-state index contributed by atoms with van der Waals surface area (Å²) in [7, 11) is 3.32. The molecule has 0 amide bonds. The Morgan fingerprint density at radius 2 is 1.93 bits per heavy atom. The van der Waals surface area contributed by atoms with Crippen molar-refractivity contribution in [3.05, 3.63) is 29.3 Å². The molecule has 1 aromatic carbocycles. The lowest BCUT2D eigenvalue weighted by molar-refractivity contribution is 0.357. The van der Waals surface area contributed by atoms with E-state index in [9.17, 15) is 0 Å². The van der Waals surface area contributed by atoms with E-state index < -0.39 is 0 Å². The first-order valence-electron chi connectivity index (χ1n) is 4.92. The molecule has 0 bridgehead atoms. The van der Waals surface area contributed by atoms with E-state index in [4.69, 9.17) is 15.2 Å². The molecule has 1 aliphatic carbocycles. The van der Waals surface area contributed by atoms with Crippen molar-refractivity contribution in [2.75, 3.05) is 14.2 Å². The predicted molar refractivity (Wildman–Crippen MR) is 60.5 cm³/mol. The molecule has 0 saturated heterocycles. The zero-order chi connectivity index (χ0) is 11.0. The molecule has 80 valence electrons. The van der Waals surface area contributed by atoms with Gasteiger partial charge in [0.1, 0.15) is 11.5 Å². The number of rotatable bonds is 3. The second-order valence-corrected chi connectivity index (χ2v) is 3.62. The van der Waals surface area contributed by atoms with E-state index in [0.717, 1.165) is 28.2 Å². The van der Waals surface area contributed by atoms with Gasteiger partial charge in [-0.2, -0.15) is 0 Å². The predicted octanol–water partition coefficient (Wildman–Crippen LogP) is 1.87. The fourth-order valence-electron chi connectivity index (χ4n) is 2.02. The number of ether oxygens (including phenoxy) is 2. The summed E-state index contributed by atoms with van der Waals surface area (Å²) in [5.74, 6) is 1.70. The molecule has 0 heterocycles. The number of benzene rings is 1. The van der Waals surface area contributed by atoms with Crippen LogP contribution in [0.25, 0.3) is 11.3 Å². The van der Waals surface area contributed by atoms with Crippen LogP contribution in [-0.4, -0.2) is 20.3 Å². The number of fused-ring (bicyclic) bond motifs is 1. The summed E-state index contributed by atoms with van der Waals surface area (Å²) in [6, 6.07) is 5.92. The normalized spacial score (nSPS) is 15.5. The largest absolute Gasteiger partial charge is 0.496 e. The third-order valence-corrected chi connectivity index (χ3v) is 2.67. The molecule has 0 radical (unpaired) electrons. The summed E-state index contributed by atoms with van der Waals surface area (Å²) in [5, 5.41) is 0. The van der Waals surface area contributed by atoms with Crippen LogP contribution in [0.3, 0.4) is 0 Å². The van der Waals surface area contributed by atoms with Crippen LogP contribution in [0, 0.1) is 0 Å². The van der Waals surface area contributed by atoms with E-state index >= 15 is 0 Å². The van der Waals surface area contributed by atoms with Gasteiger partial charge in [0.05, 0.1) is 19.8 Å². The van der Waals surface area contributed by atoms with Crippen molar-refractivity contribution in [2.45, 2.75) is 13.0 Å². The molecule has 2 rings (SSSR count). The van der Waals surface area contributed by atoms with Crippen LogP contribution in [0.15, 0.2) is 18.2 Å². The van der Waals surface area contributed by atoms with Gasteiger partial charge in [0.25, 0.3) is 0 Å². The Labute approximate surface area is 89.5 Å². The molecule has 0 saturated carbocycles. The second-order valence-electron chi connectivity index (χ2n) is 3.62. The Bertz CT molecular complexity index is 422. The Balaban J connectivity index is 2.52. The van der Waals surface area contributed by atoms with Gasteiger partial charge in [0.15, 0.2) is 0 Å². The molecule has 1 aromatic rings. The van der Waals surface area contributed by atoms with E-state index in [1.54, 1.807) is 14.2 Å². The van der Waals surface area contributed by atoms with Gasteiger partial charge in [-0.1, -0.05) is 12.1 Å². The highest BCUT2D eigenvalue weighted by molar-refractivity contribution is 6.04. The minimum atomic E-state index is -0.0143. The topological polar surface area (TPSA) is 44.5 Å². The van der Waals surface area contributed by atoms with Crippen molar-refractivity contribution in [3.8, 4) is 5.75 Å². The standard InChI is InChI=1S/C12H15NO2/c1-7(13)10-8-5-4-6-9(14-2)11(8)12(10)15-3/h4-7H,13H2,1-3H3. The smallest absolute Gasteiger partial charge is 0.135 e. The summed E-state index contributed by atoms with van der Waals surface area (Å²) in [4.78, 5) is 0. The highest BCUT2D eigenvalue weighted by Gasteiger charge is 2.31. The van der Waals surface area contributed by atoms with Crippen LogP contribution in [0.2, 0.25) is 0 Å². The summed E-state index contributed by atoms with van der Waals surface area (Å²) in [6.07, 6.45) is 0. The van der Waals surface area contributed by atoms with Crippen LogP contribution in [0.5, 0.6) is 5.75 Å². The monoisotopic (exact) mass is 205 g/mol. The third-order valence-electron chi connectivity index (χ3n) is 2.67. The van der Waals surface area contributed by atoms with Gasteiger partial charge in [-0.3, -0.25) is 0 Å². The maximum absolute atomic E-state index is 5.89. The third kappa shape index (κ3) is 1.31. The molecule has 0 fully saturated rings. The van der Waals surface area contributed by atoms with Crippen molar-refractivity contribution in [1.82, 2.24) is 0 Å². The lowest BCUT2D eigenvalue weighted by atomic mass is 9.82. The number of nitrogens with two attached hydrogens (primary N) is 1. The summed E-state index contributed by atoms with van der Waals surface area (Å²) >= 11 is 0. The molecular weight excluding hydrogens is 190 g/mol. The van der Waals surface area contributed by atoms with Gasteiger partial charge in [-0.15, -0.1) is 0 Å². The van der Waals surface area contributed by atoms with Gasteiger partial charge in [-0.05, 0) is 18.6 Å². The SMILES string of the molecule is COC1=C(C(C)N)c2cccc(OC)c21. The zero-order valence-electron chi connectivity index (χ0n) is 9.20. The van der Waals surface area contributed by atoms with Crippen molar-refractivity contribution in [2.24, 2.45) is 5.73 Å². The molecule has 15 heavy (non-hydrogen) atoms. The maximum Gasteiger partial charge on any atom is 0.135 e. The van der Waals surface area contributed by atoms with Crippen molar-refractivity contribution < 1.29 is 9.47 Å². The van der Waals surface area contributed by atoms with Gasteiger partial charge in [-0.25, -0.2) is 0 Å². The number of methoxy groups -OCH3 is 2. The van der Waals surface area contributed by atoms with Crippen molar-refractivity contribution >= 4 is 11.3 Å². The van der Waals surface area contributed by atoms with Crippen LogP contribution in [0.1, 0.15) is 18.1 Å². The molecule has 2 N–H and O–H groups in total. The van der Waals surface area contributed by atoms with Gasteiger partial charge in [0.2, 0.25) is 0 Å². The average molecular weight is 205 g/mol.